The van der Waals surface area contributed by atoms with Crippen LogP contribution in [0.4, 0.5) is 39.5 Å². The number of hydrogen-bond donors (Lipinski definition) is 0. The number of benzene rings is 1. The standard InChI is InChI=1S/C16H36N.C10H16N.C2F6NO4S2.CHF3O3S/c1-5-9-13-17(14-10-6-2,15-11-7-3)16-12-8-4;1-11(2,3)9-10-7-5-4-6-8-10;3-1(4,5)14(10,11)9-15(12,13)2(6,7)8;2-1(3,4)8(5,6)7/h5-16H2,1-4H3;4-8H,9H2,1-3H3;;(H,5,6,7)/q2*+1;-1;/p-1. The highest BCUT2D eigenvalue weighted by molar-refractivity contribution is 8.13. The lowest BCUT2D eigenvalue weighted by Gasteiger charge is -2.39. The molecule has 22 heteroatoms. The number of sulfonamides is 2. The van der Waals surface area contributed by atoms with Crippen LogP contribution in [0.15, 0.2) is 30.3 Å². The molecule has 10 nitrogen and oxygen atoms in total. The second-order valence-electron chi connectivity index (χ2n) is 12.4. The Labute approximate surface area is 297 Å². The largest absolute Gasteiger partial charge is 0.741 e. The van der Waals surface area contributed by atoms with E-state index in [0.717, 1.165) is 15.2 Å². The Bertz CT molecular complexity index is 1320. The van der Waals surface area contributed by atoms with Crippen molar-refractivity contribution in [3.05, 3.63) is 40.0 Å². The third-order valence-electron chi connectivity index (χ3n) is 6.51. The summed E-state index contributed by atoms with van der Waals surface area (Å²) in [5, 5.41) is 0. The lowest BCUT2D eigenvalue weighted by Crippen LogP contribution is -2.50. The summed E-state index contributed by atoms with van der Waals surface area (Å²) >= 11 is 0. The van der Waals surface area contributed by atoms with E-state index in [-0.39, 0.29) is 0 Å². The third kappa shape index (κ3) is 25.0. The van der Waals surface area contributed by atoms with Gasteiger partial charge < -0.3 is 17.6 Å². The quantitative estimate of drug-likeness (QED) is 0.0713. The highest BCUT2D eigenvalue weighted by Crippen LogP contribution is 2.36. The number of alkyl halides is 9. The molecular formula is C29H52F9N3O7S3. The van der Waals surface area contributed by atoms with Crippen LogP contribution < -0.4 is 0 Å². The van der Waals surface area contributed by atoms with E-state index in [1.165, 1.54) is 87.6 Å². The molecule has 0 aliphatic rings. The van der Waals surface area contributed by atoms with E-state index in [1.54, 1.807) is 0 Å². The van der Waals surface area contributed by atoms with Gasteiger partial charge in [0.05, 0.1) is 47.3 Å². The summed E-state index contributed by atoms with van der Waals surface area (Å²) < 4.78 is 170. The van der Waals surface area contributed by atoms with Gasteiger partial charge in [0.1, 0.15) is 6.54 Å². The minimum atomic E-state index is -6.72. The van der Waals surface area contributed by atoms with Gasteiger partial charge in [-0.15, -0.1) is 0 Å². The molecule has 0 spiro atoms. The van der Waals surface area contributed by atoms with E-state index in [4.69, 9.17) is 13.0 Å². The molecule has 1 rings (SSSR count). The van der Waals surface area contributed by atoms with Crippen molar-refractivity contribution in [1.29, 1.82) is 0 Å². The Balaban J connectivity index is -0.000000623. The van der Waals surface area contributed by atoms with E-state index >= 15 is 0 Å². The molecule has 0 radical (unpaired) electrons. The molecule has 1 aromatic rings. The van der Waals surface area contributed by atoms with Crippen LogP contribution in [0.5, 0.6) is 0 Å². The lowest BCUT2D eigenvalue weighted by atomic mass is 10.1. The van der Waals surface area contributed by atoms with Crippen LogP contribution in [-0.4, -0.2) is 103 Å². The summed E-state index contributed by atoms with van der Waals surface area (Å²) in [6.07, 6.45) is 11.1. The van der Waals surface area contributed by atoms with Gasteiger partial charge in [-0.2, -0.15) is 39.5 Å². The maximum absolute atomic E-state index is 11.4. The van der Waals surface area contributed by atoms with E-state index in [9.17, 15) is 56.3 Å². The maximum Gasteiger partial charge on any atom is 0.485 e. The first-order valence-corrected chi connectivity index (χ1v) is 20.1. The first-order chi connectivity index (χ1) is 22.8. The van der Waals surface area contributed by atoms with Crippen molar-refractivity contribution >= 4 is 30.2 Å². The van der Waals surface area contributed by atoms with Gasteiger partial charge in [-0.3, -0.25) is 0 Å². The van der Waals surface area contributed by atoms with Crippen LogP contribution in [0, 0.1) is 0 Å². The van der Waals surface area contributed by atoms with E-state index < -0.39 is 46.7 Å². The molecule has 0 saturated heterocycles. The van der Waals surface area contributed by atoms with Gasteiger partial charge in [0, 0.05) is 5.56 Å². The molecule has 1 aromatic carbocycles. The Kier molecular flexibility index (Phi) is 24.3. The molecule has 0 aromatic heterocycles. The Morgan fingerprint density at radius 1 is 0.569 bits per heavy atom. The van der Waals surface area contributed by atoms with Crippen LogP contribution in [0.25, 0.3) is 4.13 Å². The topological polar surface area (TPSA) is 140 Å². The minimum absolute atomic E-state index is 0.778. The van der Waals surface area contributed by atoms with Crippen molar-refractivity contribution < 1.29 is 78.3 Å². The fraction of sp³-hybridized carbons (Fsp3) is 0.793. The van der Waals surface area contributed by atoms with Gasteiger partial charge in [-0.1, -0.05) is 83.7 Å². The average molecular weight is 822 g/mol. The molecule has 51 heavy (non-hydrogen) atoms. The molecule has 0 fully saturated rings. The fourth-order valence-electron chi connectivity index (χ4n) is 3.99. The fourth-order valence-corrected chi connectivity index (χ4v) is 5.70. The highest BCUT2D eigenvalue weighted by atomic mass is 32.3. The normalized spacial score (nSPS) is 13.2. The van der Waals surface area contributed by atoms with E-state index in [0.29, 0.717) is 0 Å². The second-order valence-corrected chi connectivity index (χ2v) is 17.2. The third-order valence-corrected chi connectivity index (χ3v) is 9.82. The molecule has 0 heterocycles. The van der Waals surface area contributed by atoms with Gasteiger partial charge >= 0.3 is 16.5 Å². The Morgan fingerprint density at radius 2 is 0.843 bits per heavy atom. The van der Waals surface area contributed by atoms with Crippen LogP contribution in [0.1, 0.15) is 84.6 Å². The molecule has 0 unspecified atom stereocenters. The molecule has 0 bridgehead atoms. The van der Waals surface area contributed by atoms with E-state index in [1.807, 2.05) is 0 Å². The monoisotopic (exact) mass is 821 g/mol. The summed E-state index contributed by atoms with van der Waals surface area (Å²) in [5.41, 5.74) is -16.6. The number of nitrogens with zero attached hydrogens (tertiary/aromatic N) is 3. The predicted molar refractivity (Wildman–Crippen MR) is 177 cm³/mol. The maximum atomic E-state index is 11.4. The molecule has 306 valence electrons. The number of quaternary nitrogens is 2. The average Bonchev–Trinajstić information content (AvgIpc) is 2.94. The molecule has 0 atom stereocenters. The molecule has 0 aliphatic heterocycles. The smallest absolute Gasteiger partial charge is 0.485 e. The minimum Gasteiger partial charge on any atom is -0.741 e. The Hall–Kier alpha value is -1.72. The number of rotatable bonds is 16. The van der Waals surface area contributed by atoms with Crippen molar-refractivity contribution in [1.82, 2.24) is 0 Å². The number of hydrogen-bond acceptors (Lipinski definition) is 7. The van der Waals surface area contributed by atoms with Crippen molar-refractivity contribution in [2.75, 3.05) is 47.3 Å². The van der Waals surface area contributed by atoms with Crippen LogP contribution in [0.3, 0.4) is 0 Å². The first-order valence-electron chi connectivity index (χ1n) is 15.9. The zero-order valence-electron chi connectivity index (χ0n) is 29.9. The molecule has 0 amide bonds. The van der Waals surface area contributed by atoms with Gasteiger partial charge in [-0.25, -0.2) is 25.3 Å². The molecule has 0 aliphatic carbocycles. The van der Waals surface area contributed by atoms with Crippen molar-refractivity contribution in [2.45, 2.75) is 102 Å². The van der Waals surface area contributed by atoms with Crippen molar-refractivity contribution in [2.24, 2.45) is 0 Å². The van der Waals surface area contributed by atoms with Gasteiger partial charge in [-0.05, 0) is 25.7 Å². The van der Waals surface area contributed by atoms with Crippen molar-refractivity contribution in [3.8, 4) is 0 Å². The van der Waals surface area contributed by atoms with E-state index in [2.05, 4.69) is 79.2 Å². The Morgan fingerprint density at radius 3 is 1.04 bits per heavy atom. The molecule has 0 N–H and O–H groups in total. The summed E-state index contributed by atoms with van der Waals surface area (Å²) in [6, 6.07) is 10.6. The SMILES string of the molecule is CCCC[N+](CCCC)(CCCC)CCCC.C[N+](C)(C)Cc1ccccc1.O=S(=O)([N-]S(=O)(=O)C(F)(F)F)C(F)(F)F.O=S(=O)([O-])C(F)(F)F. The molecule has 0 saturated carbocycles. The number of unbranched alkanes of at least 4 members (excludes halogenated alkanes) is 4. The zero-order chi connectivity index (χ0) is 41.0. The highest BCUT2D eigenvalue weighted by Gasteiger charge is 2.47. The van der Waals surface area contributed by atoms with Gasteiger partial charge in [0.25, 0.3) is 0 Å². The number of halogens is 9. The van der Waals surface area contributed by atoms with Gasteiger partial charge in [0.2, 0.25) is 0 Å². The summed E-state index contributed by atoms with van der Waals surface area (Å²) in [6.45, 7) is 16.1. The summed E-state index contributed by atoms with van der Waals surface area (Å²) in [7, 11) is -12.9. The summed E-state index contributed by atoms with van der Waals surface area (Å²) in [5.74, 6) is 0. The first kappa shape index (κ1) is 53.6. The van der Waals surface area contributed by atoms with Gasteiger partial charge in [0.15, 0.2) is 30.2 Å². The van der Waals surface area contributed by atoms with Crippen LogP contribution >= 0.6 is 0 Å². The zero-order valence-corrected chi connectivity index (χ0v) is 32.4. The predicted octanol–water partition coefficient (Wildman–Crippen LogP) is 8.01. The summed E-state index contributed by atoms with van der Waals surface area (Å²) in [4.78, 5) is 0. The van der Waals surface area contributed by atoms with Crippen LogP contribution in [0.2, 0.25) is 0 Å². The second kappa shape index (κ2) is 23.1. The van der Waals surface area contributed by atoms with Crippen LogP contribution in [-0.2, 0) is 36.7 Å². The lowest BCUT2D eigenvalue weighted by molar-refractivity contribution is -0.929. The van der Waals surface area contributed by atoms with Crippen molar-refractivity contribution in [3.63, 3.8) is 0 Å². The molecular weight excluding hydrogens is 770 g/mol.